The number of benzene rings is 3. The zero-order valence-electron chi connectivity index (χ0n) is 20.3. The number of thioether (sulfide) groups is 1. The van der Waals surface area contributed by atoms with Gasteiger partial charge in [0.2, 0.25) is 5.91 Å². The lowest BCUT2D eigenvalue weighted by molar-refractivity contribution is -0.121. The molecule has 0 fully saturated rings. The quantitative estimate of drug-likeness (QED) is 0.431. The van der Waals surface area contributed by atoms with Crippen molar-refractivity contribution in [2.45, 2.75) is 31.1 Å². The van der Waals surface area contributed by atoms with Gasteiger partial charge in [0.15, 0.2) is 5.17 Å². The average molecular weight is 533 g/mol. The Morgan fingerprint density at radius 1 is 1.14 bits per heavy atom. The normalized spacial score (nSPS) is 19.0. The third-order valence-corrected chi connectivity index (χ3v) is 7.56. The second-order valence-corrected chi connectivity index (χ2v) is 10.5. The topological polar surface area (TPSA) is 83.4 Å². The maximum absolute atomic E-state index is 12.8. The summed E-state index contributed by atoms with van der Waals surface area (Å²) in [5, 5.41) is 10.1. The van der Waals surface area contributed by atoms with Crippen molar-refractivity contribution in [2.75, 3.05) is 12.4 Å². The fourth-order valence-electron chi connectivity index (χ4n) is 4.33. The summed E-state index contributed by atoms with van der Waals surface area (Å²) >= 11 is 7.36. The van der Waals surface area contributed by atoms with E-state index in [4.69, 9.17) is 21.4 Å². The molecule has 2 aliphatic rings. The Balaban J connectivity index is 1.34. The van der Waals surface area contributed by atoms with E-state index < -0.39 is 5.25 Å². The molecule has 188 valence electrons. The van der Waals surface area contributed by atoms with Gasteiger partial charge in [0.05, 0.1) is 18.9 Å². The average Bonchev–Trinajstić information content (AvgIpc) is 3.48. The van der Waals surface area contributed by atoms with Gasteiger partial charge in [0.1, 0.15) is 11.0 Å². The van der Waals surface area contributed by atoms with Gasteiger partial charge in [-0.25, -0.2) is 5.01 Å². The van der Waals surface area contributed by atoms with Gasteiger partial charge in [-0.3, -0.25) is 9.59 Å². The van der Waals surface area contributed by atoms with Crippen LogP contribution in [0.5, 0.6) is 5.75 Å². The van der Waals surface area contributed by atoms with Crippen molar-refractivity contribution >= 4 is 51.7 Å². The summed E-state index contributed by atoms with van der Waals surface area (Å²) in [4.78, 5) is 29.8. The third-order valence-electron chi connectivity index (χ3n) is 6.16. The second-order valence-electron chi connectivity index (χ2n) is 8.86. The zero-order valence-corrected chi connectivity index (χ0v) is 21.9. The molecule has 9 heteroatoms. The standard InChI is InChI=1S/C28H25ClN4O3S/c1-17-5-3-6-19(13-17)24-15-23(18-9-11-20(29)12-10-18)32-33(24)28-31-27(35)25(37-28)16-26(34)30-21-7-4-8-22(14-21)36-2/h3-14,24-25H,15-16H2,1-2H3,(H,30,34)/t24-,25-/m0/s1. The van der Waals surface area contributed by atoms with Crippen LogP contribution in [-0.4, -0.2) is 40.1 Å². The van der Waals surface area contributed by atoms with Gasteiger partial charge >= 0.3 is 0 Å². The number of methoxy groups -OCH3 is 1. The highest BCUT2D eigenvalue weighted by molar-refractivity contribution is 8.15. The maximum Gasteiger partial charge on any atom is 0.262 e. The van der Waals surface area contributed by atoms with E-state index in [1.807, 2.05) is 48.3 Å². The van der Waals surface area contributed by atoms with E-state index in [2.05, 4.69) is 22.4 Å². The molecule has 3 aromatic rings. The van der Waals surface area contributed by atoms with Gasteiger partial charge in [-0.2, -0.15) is 10.1 Å². The van der Waals surface area contributed by atoms with E-state index in [0.29, 0.717) is 28.0 Å². The number of rotatable bonds is 6. The number of nitrogens with one attached hydrogen (secondary N) is 1. The molecule has 2 amide bonds. The van der Waals surface area contributed by atoms with Crippen LogP contribution in [0.15, 0.2) is 82.9 Å². The molecule has 7 nitrogen and oxygen atoms in total. The molecular weight excluding hydrogens is 508 g/mol. The SMILES string of the molecule is COc1cccc(NC(=O)C[C@@H]2SC(N3N=C(c4ccc(Cl)cc4)C[C@H]3c3cccc(C)c3)=NC2=O)c1. The van der Waals surface area contributed by atoms with Gasteiger partial charge in [0, 0.05) is 29.6 Å². The van der Waals surface area contributed by atoms with Crippen molar-refractivity contribution in [2.24, 2.45) is 10.1 Å². The second kappa shape index (κ2) is 10.8. The van der Waals surface area contributed by atoms with Gasteiger partial charge < -0.3 is 10.1 Å². The number of nitrogens with zero attached hydrogens (tertiary/aromatic N) is 3. The number of amides is 2. The Labute approximate surface area is 224 Å². The van der Waals surface area contributed by atoms with Crippen LogP contribution in [-0.2, 0) is 9.59 Å². The number of carbonyl (C=O) groups excluding carboxylic acids is 2. The molecule has 2 heterocycles. The first-order valence-corrected chi connectivity index (χ1v) is 13.1. The predicted molar refractivity (Wildman–Crippen MR) is 148 cm³/mol. The lowest BCUT2D eigenvalue weighted by Gasteiger charge is -2.23. The highest BCUT2D eigenvalue weighted by atomic mass is 35.5. The van der Waals surface area contributed by atoms with Crippen LogP contribution in [0.1, 0.15) is 35.6 Å². The van der Waals surface area contributed by atoms with Crippen LogP contribution >= 0.6 is 23.4 Å². The molecule has 0 radical (unpaired) electrons. The first-order chi connectivity index (χ1) is 17.9. The minimum Gasteiger partial charge on any atom is -0.497 e. The summed E-state index contributed by atoms with van der Waals surface area (Å²) in [7, 11) is 1.57. The smallest absolute Gasteiger partial charge is 0.262 e. The first kappa shape index (κ1) is 25.0. The Bertz CT molecular complexity index is 1410. The number of aliphatic imine (C=N–C) groups is 1. The van der Waals surface area contributed by atoms with Crippen LogP contribution in [0.4, 0.5) is 5.69 Å². The van der Waals surface area contributed by atoms with Gasteiger partial charge in [0.25, 0.3) is 5.91 Å². The maximum atomic E-state index is 12.8. The number of anilines is 1. The molecule has 0 unspecified atom stereocenters. The monoisotopic (exact) mass is 532 g/mol. The van der Waals surface area contributed by atoms with Crippen molar-refractivity contribution in [3.8, 4) is 5.75 Å². The van der Waals surface area contributed by atoms with Gasteiger partial charge in [-0.1, -0.05) is 71.4 Å². The first-order valence-electron chi connectivity index (χ1n) is 11.8. The number of hydrogen-bond donors (Lipinski definition) is 1. The van der Waals surface area contributed by atoms with E-state index in [9.17, 15) is 9.59 Å². The molecule has 37 heavy (non-hydrogen) atoms. The summed E-state index contributed by atoms with van der Waals surface area (Å²) in [6, 6.07) is 22.8. The van der Waals surface area contributed by atoms with E-state index >= 15 is 0 Å². The van der Waals surface area contributed by atoms with E-state index in [0.717, 1.165) is 22.4 Å². The highest BCUT2D eigenvalue weighted by Crippen LogP contribution is 2.39. The molecule has 0 bridgehead atoms. The molecular formula is C28H25ClN4O3S. The summed E-state index contributed by atoms with van der Waals surface area (Å²) in [6.45, 7) is 2.05. The Hall–Kier alpha value is -3.62. The Morgan fingerprint density at radius 2 is 1.92 bits per heavy atom. The van der Waals surface area contributed by atoms with Crippen molar-refractivity contribution in [3.05, 3.63) is 94.5 Å². The molecule has 5 rings (SSSR count). The molecule has 0 aliphatic carbocycles. The molecule has 0 saturated heterocycles. The highest BCUT2D eigenvalue weighted by Gasteiger charge is 2.39. The van der Waals surface area contributed by atoms with Crippen LogP contribution in [0, 0.1) is 6.92 Å². The summed E-state index contributed by atoms with van der Waals surface area (Å²) < 4.78 is 5.21. The molecule has 1 N–H and O–H groups in total. The number of halogens is 1. The number of carbonyl (C=O) groups is 2. The minimum atomic E-state index is -0.617. The fourth-order valence-corrected chi connectivity index (χ4v) is 5.51. The summed E-state index contributed by atoms with van der Waals surface area (Å²) in [5.74, 6) is 0.0387. The molecule has 0 spiro atoms. The number of amidine groups is 1. The summed E-state index contributed by atoms with van der Waals surface area (Å²) in [5.41, 5.74) is 4.69. The Kier molecular flexibility index (Phi) is 7.30. The van der Waals surface area contributed by atoms with Crippen LogP contribution in [0.2, 0.25) is 5.02 Å². The minimum absolute atomic E-state index is 0.00438. The van der Waals surface area contributed by atoms with Crippen molar-refractivity contribution < 1.29 is 14.3 Å². The van der Waals surface area contributed by atoms with Crippen LogP contribution in [0.3, 0.4) is 0 Å². The molecule has 0 saturated carbocycles. The molecule has 3 aromatic carbocycles. The van der Waals surface area contributed by atoms with E-state index in [1.165, 1.54) is 11.8 Å². The number of hydrogen-bond acceptors (Lipinski definition) is 6. The number of hydrazone groups is 1. The van der Waals surface area contributed by atoms with E-state index in [-0.39, 0.29) is 24.3 Å². The van der Waals surface area contributed by atoms with Gasteiger partial charge in [-0.05, 0) is 42.3 Å². The van der Waals surface area contributed by atoms with Crippen LogP contribution < -0.4 is 10.1 Å². The van der Waals surface area contributed by atoms with Crippen molar-refractivity contribution in [1.82, 2.24) is 5.01 Å². The fraction of sp³-hybridized carbons (Fsp3) is 0.214. The predicted octanol–water partition coefficient (Wildman–Crippen LogP) is 5.83. The number of ether oxygens (including phenoxy) is 1. The van der Waals surface area contributed by atoms with E-state index in [1.54, 1.807) is 31.4 Å². The molecule has 2 atom stereocenters. The largest absolute Gasteiger partial charge is 0.497 e. The molecule has 0 aromatic heterocycles. The summed E-state index contributed by atoms with van der Waals surface area (Å²) in [6.07, 6.45) is 0.657. The third kappa shape index (κ3) is 5.70. The Morgan fingerprint density at radius 3 is 2.68 bits per heavy atom. The van der Waals surface area contributed by atoms with Crippen molar-refractivity contribution in [1.29, 1.82) is 0 Å². The van der Waals surface area contributed by atoms with Gasteiger partial charge in [-0.15, -0.1) is 0 Å². The molecule has 2 aliphatic heterocycles. The lowest BCUT2D eigenvalue weighted by Crippen LogP contribution is -2.25. The number of aryl methyl sites for hydroxylation is 1. The van der Waals surface area contributed by atoms with Crippen LogP contribution in [0.25, 0.3) is 0 Å². The lowest BCUT2D eigenvalue weighted by atomic mass is 9.97. The zero-order chi connectivity index (χ0) is 25.9. The van der Waals surface area contributed by atoms with Crippen molar-refractivity contribution in [3.63, 3.8) is 0 Å².